The van der Waals surface area contributed by atoms with Crippen LogP contribution in [0.25, 0.3) is 0 Å². The van der Waals surface area contributed by atoms with E-state index in [9.17, 15) is 14.4 Å². The summed E-state index contributed by atoms with van der Waals surface area (Å²) >= 11 is 6.48. The molecule has 8 nitrogen and oxygen atoms in total. The molecule has 1 atom stereocenters. The first kappa shape index (κ1) is 26.7. The van der Waals surface area contributed by atoms with Gasteiger partial charge in [0.2, 0.25) is 0 Å². The van der Waals surface area contributed by atoms with Crippen LogP contribution in [0.5, 0.6) is 0 Å². The lowest BCUT2D eigenvalue weighted by molar-refractivity contribution is -0.139. The van der Waals surface area contributed by atoms with E-state index in [1.165, 1.54) is 0 Å². The number of halogens is 1. The average molecular weight is 525 g/mol. The Bertz CT molecular complexity index is 1190. The van der Waals surface area contributed by atoms with Gasteiger partial charge in [0.25, 0.3) is 5.91 Å². The van der Waals surface area contributed by atoms with E-state index in [4.69, 9.17) is 16.3 Å². The number of esters is 1. The highest BCUT2D eigenvalue weighted by Gasteiger charge is 2.39. The van der Waals surface area contributed by atoms with Gasteiger partial charge in [-0.1, -0.05) is 47.5 Å². The number of likely N-dealkylation sites (N-methyl/N-ethyl adjacent to an activating group) is 1. The van der Waals surface area contributed by atoms with Crippen LogP contribution in [0.1, 0.15) is 41.4 Å². The van der Waals surface area contributed by atoms with E-state index >= 15 is 0 Å². The van der Waals surface area contributed by atoms with E-state index < -0.39 is 12.0 Å². The molecule has 196 valence electrons. The fourth-order valence-corrected chi connectivity index (χ4v) is 5.04. The molecule has 1 N–H and O–H groups in total. The Labute approximate surface area is 222 Å². The van der Waals surface area contributed by atoms with Gasteiger partial charge in [0, 0.05) is 55.6 Å². The van der Waals surface area contributed by atoms with Gasteiger partial charge < -0.3 is 15.0 Å². The molecule has 2 aliphatic rings. The topological polar surface area (TPSA) is 82.2 Å². The lowest BCUT2D eigenvalue weighted by atomic mass is 9.94. The van der Waals surface area contributed by atoms with Crippen LogP contribution >= 0.6 is 11.6 Å². The second-order valence-electron chi connectivity index (χ2n) is 9.16. The molecule has 2 aliphatic heterocycles. The van der Waals surface area contributed by atoms with Crippen molar-refractivity contribution >= 4 is 29.5 Å². The first-order chi connectivity index (χ1) is 17.8. The molecule has 1 fully saturated rings. The molecule has 2 heterocycles. The maximum absolute atomic E-state index is 13.3. The van der Waals surface area contributed by atoms with Crippen LogP contribution in [0, 0.1) is 6.92 Å². The Morgan fingerprint density at radius 1 is 1.03 bits per heavy atom. The number of nitrogens with one attached hydrogen (secondary N) is 1. The smallest absolute Gasteiger partial charge is 0.338 e. The molecular formula is C28H33ClN4O4. The number of hydrogen-bond donors (Lipinski definition) is 1. The number of carbonyl (C=O) groups excluding carboxylic acids is 3. The Morgan fingerprint density at radius 2 is 1.70 bits per heavy atom. The summed E-state index contributed by atoms with van der Waals surface area (Å²) in [6, 6.07) is 13.8. The van der Waals surface area contributed by atoms with Crippen LogP contribution in [0.3, 0.4) is 0 Å². The number of amides is 3. The number of ether oxygens (including phenoxy) is 1. The predicted octanol–water partition coefficient (Wildman–Crippen LogP) is 4.01. The van der Waals surface area contributed by atoms with Crippen LogP contribution in [0.15, 0.2) is 59.8 Å². The van der Waals surface area contributed by atoms with Crippen molar-refractivity contribution in [3.8, 4) is 0 Å². The average Bonchev–Trinajstić information content (AvgIpc) is 2.89. The monoisotopic (exact) mass is 524 g/mol. The highest BCUT2D eigenvalue weighted by atomic mass is 35.5. The van der Waals surface area contributed by atoms with Crippen molar-refractivity contribution in [3.05, 3.63) is 81.5 Å². The minimum absolute atomic E-state index is 0.0112. The molecule has 9 heteroatoms. The SMILES string of the molecule is CCOC(=O)C1=C(CN2CCN(C(=O)c3ccc(C)cc3)CC2)N(CC)C(=O)NC1c1ccccc1Cl. The van der Waals surface area contributed by atoms with E-state index in [0.29, 0.717) is 66.7 Å². The van der Waals surface area contributed by atoms with Crippen LogP contribution in [-0.2, 0) is 9.53 Å². The predicted molar refractivity (Wildman–Crippen MR) is 142 cm³/mol. The summed E-state index contributed by atoms with van der Waals surface area (Å²) in [6.07, 6.45) is 0. The molecule has 0 radical (unpaired) electrons. The third kappa shape index (κ3) is 5.81. The van der Waals surface area contributed by atoms with E-state index in [1.807, 2.05) is 49.1 Å². The zero-order valence-electron chi connectivity index (χ0n) is 21.5. The molecule has 4 rings (SSSR count). The van der Waals surface area contributed by atoms with Crippen molar-refractivity contribution in [1.82, 2.24) is 20.0 Å². The third-order valence-corrected chi connectivity index (χ3v) is 7.14. The Kier molecular flexibility index (Phi) is 8.51. The van der Waals surface area contributed by atoms with Gasteiger partial charge in [-0.25, -0.2) is 9.59 Å². The summed E-state index contributed by atoms with van der Waals surface area (Å²) in [7, 11) is 0. The Hall–Kier alpha value is -3.36. The van der Waals surface area contributed by atoms with Crippen LogP contribution in [-0.4, -0.2) is 78.5 Å². The standard InChI is InChI=1S/C28H33ClN4O4/c1-4-33-23(18-31-14-16-32(17-15-31)26(34)20-12-10-19(3)11-13-20)24(27(35)37-5-2)25(30-28(33)36)21-8-6-7-9-22(21)29/h6-13,25H,4-5,14-18H2,1-3H3,(H,30,36). The molecule has 2 aromatic rings. The fraction of sp³-hybridized carbons (Fsp3) is 0.393. The van der Waals surface area contributed by atoms with Crippen molar-refractivity contribution < 1.29 is 19.1 Å². The number of nitrogens with zero attached hydrogens (tertiary/aromatic N) is 3. The van der Waals surface area contributed by atoms with Crippen molar-refractivity contribution in [1.29, 1.82) is 0 Å². The summed E-state index contributed by atoms with van der Waals surface area (Å²) in [5.41, 5.74) is 3.42. The minimum Gasteiger partial charge on any atom is -0.463 e. The van der Waals surface area contributed by atoms with Gasteiger partial charge >= 0.3 is 12.0 Å². The highest BCUT2D eigenvalue weighted by Crippen LogP contribution is 2.35. The number of urea groups is 1. The summed E-state index contributed by atoms with van der Waals surface area (Å²) in [5.74, 6) is -0.467. The molecule has 0 spiro atoms. The van der Waals surface area contributed by atoms with Crippen molar-refractivity contribution in [2.45, 2.75) is 26.8 Å². The van der Waals surface area contributed by atoms with Crippen molar-refractivity contribution in [3.63, 3.8) is 0 Å². The summed E-state index contributed by atoms with van der Waals surface area (Å²) in [4.78, 5) is 45.0. The summed E-state index contributed by atoms with van der Waals surface area (Å²) < 4.78 is 5.44. The molecule has 1 unspecified atom stereocenters. The molecule has 0 saturated carbocycles. The second-order valence-corrected chi connectivity index (χ2v) is 9.57. The summed E-state index contributed by atoms with van der Waals surface area (Å²) in [6.45, 7) is 8.96. The van der Waals surface area contributed by atoms with Gasteiger partial charge in [-0.05, 0) is 44.5 Å². The summed E-state index contributed by atoms with van der Waals surface area (Å²) in [5, 5.41) is 3.41. The van der Waals surface area contributed by atoms with Gasteiger partial charge in [0.15, 0.2) is 0 Å². The number of piperazine rings is 1. The Morgan fingerprint density at radius 3 is 2.32 bits per heavy atom. The van der Waals surface area contributed by atoms with Gasteiger partial charge in [0.1, 0.15) is 0 Å². The number of carbonyl (C=O) groups is 3. The lowest BCUT2D eigenvalue weighted by Gasteiger charge is -2.40. The molecule has 2 aromatic carbocycles. The maximum atomic E-state index is 13.3. The zero-order chi connectivity index (χ0) is 26.5. The maximum Gasteiger partial charge on any atom is 0.338 e. The number of hydrogen-bond acceptors (Lipinski definition) is 5. The van der Waals surface area contributed by atoms with Gasteiger partial charge in [-0.3, -0.25) is 14.6 Å². The largest absolute Gasteiger partial charge is 0.463 e. The highest BCUT2D eigenvalue weighted by molar-refractivity contribution is 6.31. The second kappa shape index (κ2) is 11.8. The van der Waals surface area contributed by atoms with Gasteiger partial charge in [0.05, 0.1) is 18.2 Å². The van der Waals surface area contributed by atoms with Crippen LogP contribution in [0.2, 0.25) is 5.02 Å². The van der Waals surface area contributed by atoms with Crippen LogP contribution < -0.4 is 5.32 Å². The molecule has 1 saturated heterocycles. The molecule has 37 heavy (non-hydrogen) atoms. The zero-order valence-corrected chi connectivity index (χ0v) is 22.3. The van der Waals surface area contributed by atoms with E-state index in [-0.39, 0.29) is 18.5 Å². The molecule has 3 amide bonds. The van der Waals surface area contributed by atoms with Crippen molar-refractivity contribution in [2.75, 3.05) is 45.9 Å². The molecular weight excluding hydrogens is 492 g/mol. The first-order valence-electron chi connectivity index (χ1n) is 12.6. The minimum atomic E-state index is -0.720. The fourth-order valence-electron chi connectivity index (χ4n) is 4.80. The Balaban J connectivity index is 1.60. The molecule has 0 aromatic heterocycles. The van der Waals surface area contributed by atoms with Gasteiger partial charge in [-0.2, -0.15) is 0 Å². The van der Waals surface area contributed by atoms with E-state index in [2.05, 4.69) is 10.2 Å². The van der Waals surface area contributed by atoms with E-state index in [0.717, 1.165) is 5.56 Å². The van der Waals surface area contributed by atoms with E-state index in [1.54, 1.807) is 30.0 Å². The normalized spacial score (nSPS) is 18.6. The van der Waals surface area contributed by atoms with Gasteiger partial charge in [-0.15, -0.1) is 0 Å². The lowest BCUT2D eigenvalue weighted by Crippen LogP contribution is -2.53. The number of benzene rings is 2. The van der Waals surface area contributed by atoms with Crippen LogP contribution in [0.4, 0.5) is 4.79 Å². The number of aryl methyl sites for hydroxylation is 1. The first-order valence-corrected chi connectivity index (χ1v) is 13.0. The molecule has 0 bridgehead atoms. The third-order valence-electron chi connectivity index (χ3n) is 6.80. The molecule has 0 aliphatic carbocycles. The number of rotatable bonds is 7. The quantitative estimate of drug-likeness (QED) is 0.553. The van der Waals surface area contributed by atoms with Crippen molar-refractivity contribution in [2.24, 2.45) is 0 Å².